The molecule has 0 saturated heterocycles. The van der Waals surface area contributed by atoms with Crippen LogP contribution in [0.25, 0.3) is 11.0 Å². The van der Waals surface area contributed by atoms with Crippen molar-refractivity contribution in [2.45, 2.75) is 13.3 Å². The lowest BCUT2D eigenvalue weighted by molar-refractivity contribution is -0.387. The number of hydrogen-bond acceptors (Lipinski definition) is 4. The molecule has 0 atom stereocenters. The lowest BCUT2D eigenvalue weighted by Gasteiger charge is -2.09. The van der Waals surface area contributed by atoms with E-state index in [0.29, 0.717) is 21.6 Å². The Morgan fingerprint density at radius 1 is 1.29 bits per heavy atom. The van der Waals surface area contributed by atoms with Crippen molar-refractivity contribution in [3.63, 3.8) is 0 Å². The number of halogens is 2. The van der Waals surface area contributed by atoms with Crippen molar-refractivity contribution in [2.75, 3.05) is 0 Å². The van der Waals surface area contributed by atoms with Gasteiger partial charge in [0.25, 0.3) is 0 Å². The smallest absolute Gasteiger partial charge is 0.340 e. The van der Waals surface area contributed by atoms with E-state index in [0.717, 1.165) is 6.07 Å². The zero-order chi connectivity index (χ0) is 17.4. The molecule has 0 aliphatic rings. The van der Waals surface area contributed by atoms with Gasteiger partial charge in [0.05, 0.1) is 4.92 Å². The fourth-order valence-corrected chi connectivity index (χ4v) is 2.77. The number of hydrogen-bond donors (Lipinski definition) is 0. The molecule has 0 N–H and O–H groups in total. The fourth-order valence-electron chi connectivity index (χ4n) is 2.60. The van der Waals surface area contributed by atoms with E-state index in [1.165, 1.54) is 12.1 Å². The lowest BCUT2D eigenvalue weighted by atomic mass is 9.99. The van der Waals surface area contributed by atoms with Gasteiger partial charge in [0, 0.05) is 28.5 Å². The second-order valence-corrected chi connectivity index (χ2v) is 5.75. The van der Waals surface area contributed by atoms with E-state index in [9.17, 15) is 19.3 Å². The van der Waals surface area contributed by atoms with Crippen molar-refractivity contribution in [3.05, 3.63) is 84.5 Å². The third-order valence-corrected chi connectivity index (χ3v) is 4.10. The first-order valence-corrected chi connectivity index (χ1v) is 7.40. The number of fused-ring (bicyclic) bond motifs is 1. The normalized spacial score (nSPS) is 11.0. The average molecular weight is 348 g/mol. The number of benzene rings is 2. The average Bonchev–Trinajstić information content (AvgIpc) is 2.53. The highest BCUT2D eigenvalue weighted by Crippen LogP contribution is 2.26. The molecule has 0 radical (unpaired) electrons. The maximum absolute atomic E-state index is 14.3. The van der Waals surface area contributed by atoms with Crippen LogP contribution in [0.3, 0.4) is 0 Å². The van der Waals surface area contributed by atoms with E-state index < -0.39 is 22.1 Å². The molecule has 0 unspecified atom stereocenters. The molecular weight excluding hydrogens is 337 g/mol. The number of nitro benzene ring substituents is 1. The van der Waals surface area contributed by atoms with Crippen LogP contribution in [0.4, 0.5) is 10.1 Å². The summed E-state index contributed by atoms with van der Waals surface area (Å²) in [4.78, 5) is 22.3. The second kappa shape index (κ2) is 6.05. The van der Waals surface area contributed by atoms with E-state index in [1.54, 1.807) is 25.1 Å². The molecule has 5 nitrogen and oxygen atoms in total. The first-order chi connectivity index (χ1) is 11.4. The third kappa shape index (κ3) is 2.76. The number of nitro groups is 1. The first-order valence-electron chi connectivity index (χ1n) is 7.02. The molecular formula is C17H11ClFNO4. The van der Waals surface area contributed by atoms with Crippen LogP contribution in [0.15, 0.2) is 45.6 Å². The number of nitrogens with zero attached hydrogens (tertiary/aromatic N) is 1. The highest BCUT2D eigenvalue weighted by Gasteiger charge is 2.20. The Bertz CT molecular complexity index is 1030. The van der Waals surface area contributed by atoms with Crippen LogP contribution in [0.1, 0.15) is 16.7 Å². The molecule has 2 aromatic carbocycles. The van der Waals surface area contributed by atoms with Crippen molar-refractivity contribution in [2.24, 2.45) is 0 Å². The Morgan fingerprint density at radius 2 is 2.04 bits per heavy atom. The quantitative estimate of drug-likeness (QED) is 0.400. The van der Waals surface area contributed by atoms with Gasteiger partial charge in [0.2, 0.25) is 5.82 Å². The molecule has 3 aromatic rings. The van der Waals surface area contributed by atoms with Crippen molar-refractivity contribution < 1.29 is 13.7 Å². The van der Waals surface area contributed by atoms with Crippen molar-refractivity contribution in [1.29, 1.82) is 0 Å². The van der Waals surface area contributed by atoms with Crippen LogP contribution in [0, 0.1) is 22.9 Å². The standard InChI is InChI=1S/C17H11ClFNO4/c1-9-12-8-11(18)5-6-15(12)24-17(21)13(9)7-10-3-2-4-14(16(10)19)20(22)23/h2-6,8H,7H2,1H3. The summed E-state index contributed by atoms with van der Waals surface area (Å²) in [5.74, 6) is -0.951. The van der Waals surface area contributed by atoms with Crippen molar-refractivity contribution in [1.82, 2.24) is 0 Å². The van der Waals surface area contributed by atoms with Crippen LogP contribution in [0.5, 0.6) is 0 Å². The minimum Gasteiger partial charge on any atom is -0.423 e. The topological polar surface area (TPSA) is 73.3 Å². The molecule has 3 rings (SSSR count). The molecule has 0 saturated carbocycles. The van der Waals surface area contributed by atoms with Gasteiger partial charge in [-0.1, -0.05) is 23.7 Å². The monoisotopic (exact) mass is 347 g/mol. The molecule has 0 spiro atoms. The Morgan fingerprint density at radius 3 is 2.75 bits per heavy atom. The molecule has 0 aliphatic carbocycles. The minimum atomic E-state index is -0.951. The summed E-state index contributed by atoms with van der Waals surface area (Å²) in [6.45, 7) is 1.71. The Kier molecular flexibility index (Phi) is 4.07. The zero-order valence-electron chi connectivity index (χ0n) is 12.5. The summed E-state index contributed by atoms with van der Waals surface area (Å²) in [6, 6.07) is 8.71. The van der Waals surface area contributed by atoms with E-state index in [4.69, 9.17) is 16.0 Å². The summed E-state index contributed by atoms with van der Waals surface area (Å²) < 4.78 is 19.5. The zero-order valence-corrected chi connectivity index (χ0v) is 13.3. The third-order valence-electron chi connectivity index (χ3n) is 3.87. The molecule has 24 heavy (non-hydrogen) atoms. The highest BCUT2D eigenvalue weighted by atomic mass is 35.5. The summed E-state index contributed by atoms with van der Waals surface area (Å²) in [5, 5.41) is 12.0. The molecule has 0 aliphatic heterocycles. The van der Waals surface area contributed by atoms with Crippen molar-refractivity contribution >= 4 is 28.3 Å². The van der Waals surface area contributed by atoms with Gasteiger partial charge in [-0.3, -0.25) is 10.1 Å². The Labute approximate surface area is 140 Å². The SMILES string of the molecule is Cc1c(Cc2cccc([N+](=O)[O-])c2F)c(=O)oc2ccc(Cl)cc12. The highest BCUT2D eigenvalue weighted by molar-refractivity contribution is 6.31. The van der Waals surface area contributed by atoms with Crippen LogP contribution >= 0.6 is 11.6 Å². The summed E-state index contributed by atoms with van der Waals surface area (Å²) >= 11 is 5.97. The van der Waals surface area contributed by atoms with E-state index >= 15 is 0 Å². The maximum Gasteiger partial charge on any atom is 0.340 e. The summed E-state index contributed by atoms with van der Waals surface area (Å²) in [6.07, 6.45) is -0.107. The van der Waals surface area contributed by atoms with Crippen LogP contribution in [-0.2, 0) is 6.42 Å². The summed E-state index contributed by atoms with van der Waals surface area (Å²) in [5.41, 5.74) is 0.0524. The minimum absolute atomic E-state index is 0.0565. The summed E-state index contributed by atoms with van der Waals surface area (Å²) in [7, 11) is 0. The number of aryl methyl sites for hydroxylation is 1. The molecule has 0 bridgehead atoms. The van der Waals surface area contributed by atoms with E-state index in [-0.39, 0.29) is 17.5 Å². The molecule has 1 aromatic heterocycles. The van der Waals surface area contributed by atoms with Gasteiger partial charge in [-0.25, -0.2) is 4.79 Å². The molecule has 0 fully saturated rings. The van der Waals surface area contributed by atoms with Gasteiger partial charge in [0.1, 0.15) is 5.58 Å². The second-order valence-electron chi connectivity index (χ2n) is 5.32. The van der Waals surface area contributed by atoms with Crippen LogP contribution < -0.4 is 5.63 Å². The maximum atomic E-state index is 14.3. The Hall–Kier alpha value is -2.73. The van der Waals surface area contributed by atoms with Gasteiger partial charge >= 0.3 is 11.3 Å². The lowest BCUT2D eigenvalue weighted by Crippen LogP contribution is -2.12. The van der Waals surface area contributed by atoms with Crippen molar-refractivity contribution in [3.8, 4) is 0 Å². The largest absolute Gasteiger partial charge is 0.423 e. The molecule has 122 valence electrons. The van der Waals surface area contributed by atoms with Gasteiger partial charge in [-0.05, 0) is 36.2 Å². The van der Waals surface area contributed by atoms with E-state index in [1.807, 2.05) is 0 Å². The molecule has 7 heteroatoms. The van der Waals surface area contributed by atoms with E-state index in [2.05, 4.69) is 0 Å². The van der Waals surface area contributed by atoms with Gasteiger partial charge in [-0.15, -0.1) is 0 Å². The Balaban J connectivity index is 2.16. The van der Waals surface area contributed by atoms with Crippen LogP contribution in [0.2, 0.25) is 5.02 Å². The predicted octanol–water partition coefficient (Wildman–Crippen LogP) is 4.39. The molecule has 1 heterocycles. The van der Waals surface area contributed by atoms with Gasteiger partial charge in [0.15, 0.2) is 0 Å². The molecule has 0 amide bonds. The number of rotatable bonds is 3. The fraction of sp³-hybridized carbons (Fsp3) is 0.118. The predicted molar refractivity (Wildman–Crippen MR) is 88.1 cm³/mol. The van der Waals surface area contributed by atoms with Gasteiger partial charge < -0.3 is 4.42 Å². The van der Waals surface area contributed by atoms with Gasteiger partial charge in [-0.2, -0.15) is 4.39 Å². The van der Waals surface area contributed by atoms with Crippen LogP contribution in [-0.4, -0.2) is 4.92 Å². The first kappa shape index (κ1) is 16.1.